The van der Waals surface area contributed by atoms with Crippen molar-refractivity contribution >= 4 is 17.5 Å². The fourth-order valence-electron chi connectivity index (χ4n) is 2.47. The Bertz CT molecular complexity index is 498. The molecule has 0 bridgehead atoms. The van der Waals surface area contributed by atoms with Crippen LogP contribution in [0.3, 0.4) is 0 Å². The monoisotopic (exact) mass is 297 g/mol. The van der Waals surface area contributed by atoms with E-state index in [4.69, 9.17) is 16.3 Å². The second-order valence-corrected chi connectivity index (χ2v) is 5.82. The molecule has 5 heteroatoms. The standard InChI is InChI=1S/C15H20ClNO3/c1-11-12(4-3-5-13(11)16)14(18)17(2)10-15(19)6-8-20-9-7-15/h3-5,19H,6-10H2,1-2H3. The van der Waals surface area contributed by atoms with Crippen molar-refractivity contribution in [3.8, 4) is 0 Å². The van der Waals surface area contributed by atoms with Crippen molar-refractivity contribution < 1.29 is 14.6 Å². The summed E-state index contributed by atoms with van der Waals surface area (Å²) in [7, 11) is 1.70. The molecule has 1 N–H and O–H groups in total. The zero-order valence-corrected chi connectivity index (χ0v) is 12.6. The average Bonchev–Trinajstić information content (AvgIpc) is 2.41. The first kappa shape index (κ1) is 15.3. The minimum Gasteiger partial charge on any atom is -0.388 e. The summed E-state index contributed by atoms with van der Waals surface area (Å²) in [5, 5.41) is 11.0. The molecule has 2 rings (SSSR count). The van der Waals surface area contributed by atoms with E-state index in [1.807, 2.05) is 6.92 Å². The van der Waals surface area contributed by atoms with Gasteiger partial charge in [-0.05, 0) is 24.6 Å². The Morgan fingerprint density at radius 2 is 2.10 bits per heavy atom. The number of benzene rings is 1. The molecule has 0 aliphatic carbocycles. The topological polar surface area (TPSA) is 49.8 Å². The normalized spacial score (nSPS) is 17.8. The van der Waals surface area contributed by atoms with Crippen LogP contribution in [-0.4, -0.2) is 48.3 Å². The van der Waals surface area contributed by atoms with Gasteiger partial charge in [0.15, 0.2) is 0 Å². The fraction of sp³-hybridized carbons (Fsp3) is 0.533. The molecule has 1 heterocycles. The maximum atomic E-state index is 12.5. The Balaban J connectivity index is 2.10. The summed E-state index contributed by atoms with van der Waals surface area (Å²) in [4.78, 5) is 14.0. The lowest BCUT2D eigenvalue weighted by Gasteiger charge is -2.35. The summed E-state index contributed by atoms with van der Waals surface area (Å²) >= 11 is 6.05. The average molecular weight is 298 g/mol. The SMILES string of the molecule is Cc1c(Cl)cccc1C(=O)N(C)CC1(O)CCOCC1. The fourth-order valence-corrected chi connectivity index (χ4v) is 2.64. The number of aliphatic hydroxyl groups is 1. The van der Waals surface area contributed by atoms with Crippen molar-refractivity contribution in [2.75, 3.05) is 26.8 Å². The summed E-state index contributed by atoms with van der Waals surface area (Å²) in [5.41, 5.74) is 0.496. The van der Waals surface area contributed by atoms with E-state index in [-0.39, 0.29) is 5.91 Å². The molecule has 0 unspecified atom stereocenters. The highest BCUT2D eigenvalue weighted by Crippen LogP contribution is 2.24. The molecule has 110 valence electrons. The number of hydrogen-bond donors (Lipinski definition) is 1. The molecular formula is C15H20ClNO3. The van der Waals surface area contributed by atoms with Crippen molar-refractivity contribution in [2.24, 2.45) is 0 Å². The maximum absolute atomic E-state index is 12.5. The van der Waals surface area contributed by atoms with E-state index >= 15 is 0 Å². The number of nitrogens with zero attached hydrogens (tertiary/aromatic N) is 1. The van der Waals surface area contributed by atoms with E-state index in [0.717, 1.165) is 5.56 Å². The van der Waals surface area contributed by atoms with Crippen molar-refractivity contribution in [1.82, 2.24) is 4.90 Å². The van der Waals surface area contributed by atoms with Crippen LogP contribution >= 0.6 is 11.6 Å². The van der Waals surface area contributed by atoms with Gasteiger partial charge < -0.3 is 14.7 Å². The van der Waals surface area contributed by atoms with Gasteiger partial charge in [0, 0.05) is 50.2 Å². The van der Waals surface area contributed by atoms with Gasteiger partial charge in [-0.2, -0.15) is 0 Å². The van der Waals surface area contributed by atoms with Gasteiger partial charge in [0.05, 0.1) is 5.60 Å². The first-order valence-corrected chi connectivity index (χ1v) is 7.11. The molecule has 4 nitrogen and oxygen atoms in total. The maximum Gasteiger partial charge on any atom is 0.254 e. The van der Waals surface area contributed by atoms with Gasteiger partial charge in [0.25, 0.3) is 5.91 Å². The van der Waals surface area contributed by atoms with Gasteiger partial charge in [-0.1, -0.05) is 17.7 Å². The van der Waals surface area contributed by atoms with E-state index in [1.165, 1.54) is 0 Å². The van der Waals surface area contributed by atoms with Crippen LogP contribution in [0.4, 0.5) is 0 Å². The molecule has 1 aliphatic heterocycles. The highest BCUT2D eigenvalue weighted by atomic mass is 35.5. The van der Waals surface area contributed by atoms with Crippen LogP contribution < -0.4 is 0 Å². The molecule has 1 aliphatic rings. The third-order valence-corrected chi connectivity index (χ3v) is 4.21. The molecule has 0 aromatic heterocycles. The Morgan fingerprint density at radius 1 is 1.45 bits per heavy atom. The number of carbonyl (C=O) groups excluding carboxylic acids is 1. The van der Waals surface area contributed by atoms with Crippen LogP contribution in [0.25, 0.3) is 0 Å². The summed E-state index contributed by atoms with van der Waals surface area (Å²) in [6, 6.07) is 5.29. The van der Waals surface area contributed by atoms with Crippen LogP contribution in [0.2, 0.25) is 5.02 Å². The highest BCUT2D eigenvalue weighted by Gasteiger charge is 2.32. The quantitative estimate of drug-likeness (QED) is 0.931. The van der Waals surface area contributed by atoms with E-state index in [0.29, 0.717) is 43.2 Å². The molecule has 0 radical (unpaired) electrons. The molecule has 1 fully saturated rings. The van der Waals surface area contributed by atoms with Gasteiger partial charge >= 0.3 is 0 Å². The highest BCUT2D eigenvalue weighted by molar-refractivity contribution is 6.31. The lowest BCUT2D eigenvalue weighted by atomic mass is 9.93. The number of likely N-dealkylation sites (N-methyl/N-ethyl adjacent to an activating group) is 1. The largest absolute Gasteiger partial charge is 0.388 e. The smallest absolute Gasteiger partial charge is 0.254 e. The Hall–Kier alpha value is -1.10. The van der Waals surface area contributed by atoms with Crippen LogP contribution in [0, 0.1) is 6.92 Å². The third kappa shape index (κ3) is 3.32. The molecule has 1 saturated heterocycles. The number of rotatable bonds is 3. The molecule has 0 atom stereocenters. The van der Waals surface area contributed by atoms with Crippen molar-refractivity contribution in [1.29, 1.82) is 0 Å². The first-order chi connectivity index (χ1) is 9.43. The van der Waals surface area contributed by atoms with Crippen LogP contribution in [0.1, 0.15) is 28.8 Å². The third-order valence-electron chi connectivity index (χ3n) is 3.80. The van der Waals surface area contributed by atoms with Crippen LogP contribution in [-0.2, 0) is 4.74 Å². The molecular weight excluding hydrogens is 278 g/mol. The van der Waals surface area contributed by atoms with Crippen LogP contribution in [0.5, 0.6) is 0 Å². The van der Waals surface area contributed by atoms with Gasteiger partial charge in [-0.15, -0.1) is 0 Å². The lowest BCUT2D eigenvalue weighted by Crippen LogP contribution is -2.47. The molecule has 0 saturated carbocycles. The Morgan fingerprint density at radius 3 is 2.75 bits per heavy atom. The summed E-state index contributed by atoms with van der Waals surface area (Å²) < 4.78 is 5.25. The molecule has 1 amide bonds. The summed E-state index contributed by atoms with van der Waals surface area (Å²) in [5.74, 6) is -0.120. The van der Waals surface area contributed by atoms with Gasteiger partial charge in [0.2, 0.25) is 0 Å². The second kappa shape index (κ2) is 6.12. The van der Waals surface area contributed by atoms with Crippen molar-refractivity contribution in [2.45, 2.75) is 25.4 Å². The van der Waals surface area contributed by atoms with E-state index in [1.54, 1.807) is 30.1 Å². The van der Waals surface area contributed by atoms with Gasteiger partial charge in [-0.25, -0.2) is 0 Å². The second-order valence-electron chi connectivity index (χ2n) is 5.41. The van der Waals surface area contributed by atoms with E-state index < -0.39 is 5.60 Å². The molecule has 1 aromatic carbocycles. The van der Waals surface area contributed by atoms with E-state index in [2.05, 4.69) is 0 Å². The summed E-state index contributed by atoms with van der Waals surface area (Å²) in [6.45, 7) is 3.21. The summed E-state index contributed by atoms with van der Waals surface area (Å²) in [6.07, 6.45) is 1.11. The number of hydrogen-bond acceptors (Lipinski definition) is 3. The number of carbonyl (C=O) groups is 1. The van der Waals surface area contributed by atoms with Gasteiger partial charge in [0.1, 0.15) is 0 Å². The number of amides is 1. The molecule has 20 heavy (non-hydrogen) atoms. The zero-order chi connectivity index (χ0) is 14.8. The van der Waals surface area contributed by atoms with Crippen molar-refractivity contribution in [3.05, 3.63) is 34.3 Å². The molecule has 0 spiro atoms. The van der Waals surface area contributed by atoms with Gasteiger partial charge in [-0.3, -0.25) is 4.79 Å². The molecule has 1 aromatic rings. The minimum absolute atomic E-state index is 0.120. The Labute approximate surface area is 124 Å². The van der Waals surface area contributed by atoms with Crippen LogP contribution in [0.15, 0.2) is 18.2 Å². The predicted octanol–water partition coefficient (Wildman–Crippen LogP) is 2.26. The zero-order valence-electron chi connectivity index (χ0n) is 11.9. The predicted molar refractivity (Wildman–Crippen MR) is 78.2 cm³/mol. The minimum atomic E-state index is -0.852. The van der Waals surface area contributed by atoms with Crippen molar-refractivity contribution in [3.63, 3.8) is 0 Å². The van der Waals surface area contributed by atoms with E-state index in [9.17, 15) is 9.90 Å². The number of halogens is 1. The lowest BCUT2D eigenvalue weighted by molar-refractivity contribution is -0.0734. The first-order valence-electron chi connectivity index (χ1n) is 6.74. The Kier molecular flexibility index (Phi) is 4.68. The number of ether oxygens (including phenoxy) is 1.